The highest BCUT2D eigenvalue weighted by Crippen LogP contribution is 2.29. The fraction of sp³-hybridized carbons (Fsp3) is 0.182. The van der Waals surface area contributed by atoms with Crippen molar-refractivity contribution in [1.29, 1.82) is 0 Å². The molecule has 0 bridgehead atoms. The van der Waals surface area contributed by atoms with Gasteiger partial charge in [-0.3, -0.25) is 4.79 Å². The van der Waals surface area contributed by atoms with Crippen molar-refractivity contribution in [2.75, 3.05) is 13.2 Å². The third-order valence-electron chi connectivity index (χ3n) is 6.27. The van der Waals surface area contributed by atoms with Crippen molar-refractivity contribution in [3.8, 4) is 34.3 Å². The number of hydrogen-bond acceptors (Lipinski definition) is 6. The van der Waals surface area contributed by atoms with E-state index in [9.17, 15) is 4.79 Å². The van der Waals surface area contributed by atoms with Crippen molar-refractivity contribution in [2.24, 2.45) is 0 Å². The molecule has 0 spiro atoms. The summed E-state index contributed by atoms with van der Waals surface area (Å²) < 4.78 is 16.9. The Morgan fingerprint density at radius 3 is 2.40 bits per heavy atom. The van der Waals surface area contributed by atoms with Crippen LogP contribution >= 0.6 is 11.6 Å². The van der Waals surface area contributed by atoms with Crippen LogP contribution in [0.25, 0.3) is 33.4 Å². The molecular weight excluding hydrogens is 524 g/mol. The predicted octanol–water partition coefficient (Wildman–Crippen LogP) is 7.92. The maximum atomic E-state index is 11.5. The zero-order valence-corrected chi connectivity index (χ0v) is 22.9. The average Bonchev–Trinajstić information content (AvgIpc) is 2.99. The summed E-state index contributed by atoms with van der Waals surface area (Å²) >= 11 is 6.33. The van der Waals surface area contributed by atoms with Gasteiger partial charge in [0.15, 0.2) is 5.82 Å². The lowest BCUT2D eigenvalue weighted by Crippen LogP contribution is -2.06. The number of benzene rings is 4. The first kappa shape index (κ1) is 27.2. The SMILES string of the molecule is CCOC(=O)CCCOc1ccc2cc(-c3nc(OCc4ccccc4Cl)cc(-c4ccccc4)n3)ccc2c1. The third-order valence-corrected chi connectivity index (χ3v) is 6.64. The van der Waals surface area contributed by atoms with Crippen LogP contribution in [0.4, 0.5) is 0 Å². The Morgan fingerprint density at radius 2 is 1.57 bits per heavy atom. The Labute approximate surface area is 238 Å². The van der Waals surface area contributed by atoms with Crippen molar-refractivity contribution >= 4 is 28.3 Å². The lowest BCUT2D eigenvalue weighted by molar-refractivity contribution is -0.143. The number of esters is 1. The van der Waals surface area contributed by atoms with Crippen LogP contribution in [0.5, 0.6) is 11.6 Å². The van der Waals surface area contributed by atoms with Gasteiger partial charge in [0.1, 0.15) is 12.4 Å². The molecule has 0 unspecified atom stereocenters. The van der Waals surface area contributed by atoms with Crippen molar-refractivity contribution in [3.05, 3.63) is 108 Å². The summed E-state index contributed by atoms with van der Waals surface area (Å²) in [6, 6.07) is 31.4. The molecule has 0 saturated carbocycles. The van der Waals surface area contributed by atoms with Gasteiger partial charge in [-0.1, -0.05) is 78.3 Å². The van der Waals surface area contributed by atoms with Crippen LogP contribution in [0.3, 0.4) is 0 Å². The zero-order valence-electron chi connectivity index (χ0n) is 22.2. The summed E-state index contributed by atoms with van der Waals surface area (Å²) in [7, 11) is 0. The minimum atomic E-state index is -0.201. The molecule has 0 saturated heterocycles. The minimum Gasteiger partial charge on any atom is -0.494 e. The smallest absolute Gasteiger partial charge is 0.305 e. The summed E-state index contributed by atoms with van der Waals surface area (Å²) in [5.74, 6) is 1.59. The Kier molecular flexibility index (Phi) is 8.89. The number of aromatic nitrogens is 2. The highest BCUT2D eigenvalue weighted by molar-refractivity contribution is 6.31. The largest absolute Gasteiger partial charge is 0.494 e. The van der Waals surface area contributed by atoms with Crippen LogP contribution in [0.15, 0.2) is 97.1 Å². The molecule has 5 rings (SSSR count). The number of nitrogens with zero attached hydrogens (tertiary/aromatic N) is 2. The first-order valence-corrected chi connectivity index (χ1v) is 13.6. The molecule has 6 nitrogen and oxygen atoms in total. The molecule has 4 aromatic carbocycles. The highest BCUT2D eigenvalue weighted by atomic mass is 35.5. The lowest BCUT2D eigenvalue weighted by atomic mass is 10.1. The second-order valence-corrected chi connectivity index (χ2v) is 9.55. The number of carbonyl (C=O) groups is 1. The van der Waals surface area contributed by atoms with Gasteiger partial charge in [-0.05, 0) is 48.4 Å². The second-order valence-electron chi connectivity index (χ2n) is 9.14. The normalized spacial score (nSPS) is 10.8. The van der Waals surface area contributed by atoms with E-state index in [4.69, 9.17) is 35.8 Å². The van der Waals surface area contributed by atoms with Crippen LogP contribution < -0.4 is 9.47 Å². The summed E-state index contributed by atoms with van der Waals surface area (Å²) in [4.78, 5) is 21.1. The fourth-order valence-corrected chi connectivity index (χ4v) is 4.43. The monoisotopic (exact) mass is 552 g/mol. The molecule has 0 fully saturated rings. The van der Waals surface area contributed by atoms with Gasteiger partial charge in [-0.15, -0.1) is 0 Å². The molecule has 7 heteroatoms. The molecule has 1 aromatic heterocycles. The van der Waals surface area contributed by atoms with E-state index in [0.717, 1.165) is 38.9 Å². The fourth-order valence-electron chi connectivity index (χ4n) is 4.24. The number of fused-ring (bicyclic) bond motifs is 1. The maximum absolute atomic E-state index is 11.5. The van der Waals surface area contributed by atoms with E-state index in [1.807, 2.05) is 91.0 Å². The molecule has 0 aliphatic rings. The molecule has 5 aromatic rings. The van der Waals surface area contributed by atoms with Crippen LogP contribution in [0.2, 0.25) is 5.02 Å². The van der Waals surface area contributed by atoms with Gasteiger partial charge in [0.2, 0.25) is 5.88 Å². The number of carbonyl (C=O) groups excluding carboxylic acids is 1. The molecule has 0 atom stereocenters. The Hall–Kier alpha value is -4.42. The van der Waals surface area contributed by atoms with Gasteiger partial charge in [-0.25, -0.2) is 4.98 Å². The van der Waals surface area contributed by atoms with Gasteiger partial charge in [-0.2, -0.15) is 4.98 Å². The maximum Gasteiger partial charge on any atom is 0.305 e. The molecule has 1 heterocycles. The standard InChI is InChI=1S/C33H29ClN2O4/c1-2-38-32(37)13-8-18-39-28-17-16-24-19-26(15-14-25(24)20-28)33-35-30(23-9-4-3-5-10-23)21-31(36-33)40-22-27-11-6-7-12-29(27)34/h3-7,9-12,14-17,19-21H,2,8,13,18,22H2,1H3. The van der Waals surface area contributed by atoms with E-state index in [1.54, 1.807) is 6.92 Å². The number of ether oxygens (including phenoxy) is 3. The zero-order chi connectivity index (χ0) is 27.7. The molecule has 0 radical (unpaired) electrons. The van der Waals surface area contributed by atoms with E-state index in [2.05, 4.69) is 6.07 Å². The van der Waals surface area contributed by atoms with Crippen molar-refractivity contribution in [1.82, 2.24) is 9.97 Å². The van der Waals surface area contributed by atoms with Gasteiger partial charge in [0.05, 0.1) is 18.9 Å². The molecule has 202 valence electrons. The summed E-state index contributed by atoms with van der Waals surface area (Å²) in [5, 5.41) is 2.71. The van der Waals surface area contributed by atoms with Crippen LogP contribution in [0.1, 0.15) is 25.3 Å². The first-order chi connectivity index (χ1) is 19.6. The van der Waals surface area contributed by atoms with Gasteiger partial charge in [0.25, 0.3) is 0 Å². The van der Waals surface area contributed by atoms with Gasteiger partial charge < -0.3 is 14.2 Å². The minimum absolute atomic E-state index is 0.201. The van der Waals surface area contributed by atoms with Gasteiger partial charge >= 0.3 is 5.97 Å². The van der Waals surface area contributed by atoms with Crippen molar-refractivity contribution in [2.45, 2.75) is 26.4 Å². The van der Waals surface area contributed by atoms with E-state index in [1.165, 1.54) is 0 Å². The molecule has 40 heavy (non-hydrogen) atoms. The predicted molar refractivity (Wildman–Crippen MR) is 158 cm³/mol. The quantitative estimate of drug-likeness (QED) is 0.122. The molecule has 0 amide bonds. The Bertz CT molecular complexity index is 1610. The summed E-state index contributed by atoms with van der Waals surface area (Å²) in [6.07, 6.45) is 0.947. The molecule has 0 N–H and O–H groups in total. The lowest BCUT2D eigenvalue weighted by Gasteiger charge is -2.12. The van der Waals surface area contributed by atoms with Crippen LogP contribution in [0, 0.1) is 0 Å². The third kappa shape index (κ3) is 6.96. The van der Waals surface area contributed by atoms with E-state index >= 15 is 0 Å². The van der Waals surface area contributed by atoms with E-state index < -0.39 is 0 Å². The summed E-state index contributed by atoms with van der Waals surface area (Å²) in [5.41, 5.74) is 3.50. The average molecular weight is 553 g/mol. The molecule has 0 aliphatic carbocycles. The first-order valence-electron chi connectivity index (χ1n) is 13.2. The highest BCUT2D eigenvalue weighted by Gasteiger charge is 2.12. The van der Waals surface area contributed by atoms with Gasteiger partial charge in [0, 0.05) is 34.2 Å². The number of halogens is 1. The Balaban J connectivity index is 1.37. The Morgan fingerprint density at radius 1 is 0.800 bits per heavy atom. The van der Waals surface area contributed by atoms with Crippen molar-refractivity contribution < 1.29 is 19.0 Å². The van der Waals surface area contributed by atoms with E-state index in [0.29, 0.717) is 49.4 Å². The number of rotatable bonds is 11. The number of hydrogen-bond donors (Lipinski definition) is 0. The second kappa shape index (κ2) is 13.1. The van der Waals surface area contributed by atoms with E-state index in [-0.39, 0.29) is 5.97 Å². The van der Waals surface area contributed by atoms with Crippen molar-refractivity contribution in [3.63, 3.8) is 0 Å². The van der Waals surface area contributed by atoms with Crippen LogP contribution in [-0.4, -0.2) is 29.2 Å². The molecule has 0 aliphatic heterocycles. The topological polar surface area (TPSA) is 70.5 Å². The van der Waals surface area contributed by atoms with Crippen LogP contribution in [-0.2, 0) is 16.1 Å². The summed E-state index contributed by atoms with van der Waals surface area (Å²) in [6.45, 7) is 2.94. The molecular formula is C33H29ClN2O4.